The van der Waals surface area contributed by atoms with Crippen LogP contribution < -0.4 is 0 Å². The molecule has 0 heterocycles. The monoisotopic (exact) mass is 333 g/mol. The normalized spacial score (nSPS) is 16.2. The van der Waals surface area contributed by atoms with E-state index in [0.29, 0.717) is 4.90 Å². The Hall–Kier alpha value is -0.430. The molecule has 0 aromatic heterocycles. The van der Waals surface area contributed by atoms with Gasteiger partial charge in [0.2, 0.25) is 10.0 Å². The van der Waals surface area contributed by atoms with Crippen molar-refractivity contribution in [2.45, 2.75) is 30.7 Å². The van der Waals surface area contributed by atoms with Gasteiger partial charge >= 0.3 is 0 Å². The lowest BCUT2D eigenvalue weighted by atomic mass is 10.2. The van der Waals surface area contributed by atoms with Crippen LogP contribution in [0.25, 0.3) is 0 Å². The van der Waals surface area contributed by atoms with Gasteiger partial charge < -0.3 is 5.11 Å². The molecule has 1 aliphatic rings. The van der Waals surface area contributed by atoms with Crippen molar-refractivity contribution in [1.82, 2.24) is 4.31 Å². The third-order valence-electron chi connectivity index (χ3n) is 3.01. The number of sulfonamides is 1. The first-order valence-electron chi connectivity index (χ1n) is 5.85. The molecule has 18 heavy (non-hydrogen) atoms. The van der Waals surface area contributed by atoms with E-state index in [4.69, 9.17) is 5.11 Å². The Kier molecular flexibility index (Phi) is 4.11. The maximum atomic E-state index is 12.6. The Morgan fingerprint density at radius 2 is 2.11 bits per heavy atom. The molecule has 1 saturated carbocycles. The fraction of sp³-hybridized carbons (Fsp3) is 0.500. The van der Waals surface area contributed by atoms with Crippen LogP contribution in [0.3, 0.4) is 0 Å². The zero-order valence-corrected chi connectivity index (χ0v) is 12.5. The molecule has 1 aromatic rings. The van der Waals surface area contributed by atoms with E-state index in [9.17, 15) is 8.42 Å². The average molecular weight is 334 g/mol. The minimum absolute atomic E-state index is 0.0560. The SMILES string of the molecule is Cc1ccc(Br)cc1S(=O)(=O)N(CCO)C1CC1. The number of nitrogens with zero attached hydrogens (tertiary/aromatic N) is 1. The van der Waals surface area contributed by atoms with Gasteiger partial charge in [0.25, 0.3) is 0 Å². The van der Waals surface area contributed by atoms with Gasteiger partial charge in [0.15, 0.2) is 0 Å². The van der Waals surface area contributed by atoms with Crippen molar-refractivity contribution in [3.05, 3.63) is 28.2 Å². The second-order valence-corrected chi connectivity index (χ2v) is 7.26. The van der Waals surface area contributed by atoms with Gasteiger partial charge in [0.05, 0.1) is 11.5 Å². The van der Waals surface area contributed by atoms with Crippen molar-refractivity contribution in [2.75, 3.05) is 13.2 Å². The minimum atomic E-state index is -3.51. The highest BCUT2D eigenvalue weighted by Crippen LogP contribution is 2.33. The van der Waals surface area contributed by atoms with Gasteiger partial charge in [-0.1, -0.05) is 22.0 Å². The highest BCUT2D eigenvalue weighted by molar-refractivity contribution is 9.10. The largest absolute Gasteiger partial charge is 0.395 e. The summed E-state index contributed by atoms with van der Waals surface area (Å²) in [6.45, 7) is 1.80. The Bertz CT molecular complexity index is 540. The Morgan fingerprint density at radius 3 is 2.67 bits per heavy atom. The van der Waals surface area contributed by atoms with Gasteiger partial charge in [-0.05, 0) is 37.5 Å². The second kappa shape index (κ2) is 5.28. The minimum Gasteiger partial charge on any atom is -0.395 e. The predicted octanol–water partition coefficient (Wildman–Crippen LogP) is 1.90. The molecule has 4 nitrogen and oxygen atoms in total. The molecule has 0 amide bonds. The number of benzene rings is 1. The van der Waals surface area contributed by atoms with Gasteiger partial charge in [-0.2, -0.15) is 4.31 Å². The molecule has 1 fully saturated rings. The average Bonchev–Trinajstić information content (AvgIpc) is 3.13. The predicted molar refractivity (Wildman–Crippen MR) is 72.9 cm³/mol. The van der Waals surface area contributed by atoms with Gasteiger partial charge in [0.1, 0.15) is 0 Å². The van der Waals surface area contributed by atoms with Crippen molar-refractivity contribution in [3.63, 3.8) is 0 Å². The van der Waals surface area contributed by atoms with E-state index in [1.54, 1.807) is 19.1 Å². The fourth-order valence-corrected chi connectivity index (χ4v) is 4.38. The van der Waals surface area contributed by atoms with Crippen LogP contribution in [0.1, 0.15) is 18.4 Å². The van der Waals surface area contributed by atoms with Gasteiger partial charge in [0, 0.05) is 17.1 Å². The van der Waals surface area contributed by atoms with E-state index in [0.717, 1.165) is 22.9 Å². The number of halogens is 1. The van der Waals surface area contributed by atoms with Crippen LogP contribution in [-0.4, -0.2) is 37.0 Å². The second-order valence-electron chi connectivity index (χ2n) is 4.48. The van der Waals surface area contributed by atoms with Crippen LogP contribution in [0.5, 0.6) is 0 Å². The topological polar surface area (TPSA) is 57.6 Å². The van der Waals surface area contributed by atoms with Crippen LogP contribution in [0.2, 0.25) is 0 Å². The summed E-state index contributed by atoms with van der Waals surface area (Å²) in [5.74, 6) is 0. The molecule has 1 aliphatic carbocycles. The molecule has 0 radical (unpaired) electrons. The summed E-state index contributed by atoms with van der Waals surface area (Å²) < 4.78 is 27.3. The molecule has 0 unspecified atom stereocenters. The quantitative estimate of drug-likeness (QED) is 0.895. The van der Waals surface area contributed by atoms with Crippen LogP contribution in [0.15, 0.2) is 27.6 Å². The van der Waals surface area contributed by atoms with E-state index >= 15 is 0 Å². The van der Waals surface area contributed by atoms with Gasteiger partial charge in [-0.3, -0.25) is 0 Å². The summed E-state index contributed by atoms with van der Waals surface area (Å²) >= 11 is 3.30. The molecule has 0 bridgehead atoms. The summed E-state index contributed by atoms with van der Waals surface area (Å²) in [5.41, 5.74) is 0.724. The number of aliphatic hydroxyl groups is 1. The summed E-state index contributed by atoms with van der Waals surface area (Å²) in [7, 11) is -3.51. The van der Waals surface area contributed by atoms with Crippen LogP contribution in [0.4, 0.5) is 0 Å². The summed E-state index contributed by atoms with van der Waals surface area (Å²) in [6.07, 6.45) is 1.76. The third-order valence-corrected chi connectivity index (χ3v) is 5.60. The first-order valence-corrected chi connectivity index (χ1v) is 8.09. The lowest BCUT2D eigenvalue weighted by Crippen LogP contribution is -2.35. The molecule has 0 atom stereocenters. The van der Waals surface area contributed by atoms with Gasteiger partial charge in [-0.15, -0.1) is 0 Å². The first-order chi connectivity index (χ1) is 8.46. The van der Waals surface area contributed by atoms with Crippen molar-refractivity contribution in [1.29, 1.82) is 0 Å². The zero-order valence-electron chi connectivity index (χ0n) is 10.1. The van der Waals surface area contributed by atoms with E-state index < -0.39 is 10.0 Å². The van der Waals surface area contributed by atoms with Crippen LogP contribution >= 0.6 is 15.9 Å². The highest BCUT2D eigenvalue weighted by Gasteiger charge is 2.38. The Balaban J connectivity index is 2.42. The summed E-state index contributed by atoms with van der Waals surface area (Å²) in [5, 5.41) is 9.03. The molecule has 2 rings (SSSR count). The zero-order chi connectivity index (χ0) is 13.3. The summed E-state index contributed by atoms with van der Waals surface area (Å²) in [4.78, 5) is 0.317. The molecule has 0 saturated heterocycles. The highest BCUT2D eigenvalue weighted by atomic mass is 79.9. The summed E-state index contributed by atoms with van der Waals surface area (Å²) in [6, 6.07) is 5.28. The number of rotatable bonds is 5. The maximum Gasteiger partial charge on any atom is 0.243 e. The lowest BCUT2D eigenvalue weighted by molar-refractivity contribution is 0.250. The molecule has 6 heteroatoms. The Labute approximate surface area is 116 Å². The molecule has 1 aromatic carbocycles. The van der Waals surface area contributed by atoms with Gasteiger partial charge in [-0.25, -0.2) is 8.42 Å². The van der Waals surface area contributed by atoms with Crippen molar-refractivity contribution in [3.8, 4) is 0 Å². The number of aliphatic hydroxyl groups excluding tert-OH is 1. The third kappa shape index (κ3) is 2.77. The standard InChI is InChI=1S/C12H16BrNO3S/c1-9-2-3-10(13)8-12(9)18(16,17)14(6-7-15)11-4-5-11/h2-3,8,11,15H,4-7H2,1H3. The lowest BCUT2D eigenvalue weighted by Gasteiger charge is -2.22. The van der Waals surface area contributed by atoms with Crippen molar-refractivity contribution >= 4 is 26.0 Å². The van der Waals surface area contributed by atoms with E-state index in [2.05, 4.69) is 15.9 Å². The van der Waals surface area contributed by atoms with E-state index in [-0.39, 0.29) is 19.2 Å². The van der Waals surface area contributed by atoms with Crippen molar-refractivity contribution in [2.24, 2.45) is 0 Å². The molecule has 100 valence electrons. The van der Waals surface area contributed by atoms with E-state index in [1.807, 2.05) is 6.07 Å². The number of aryl methyl sites for hydroxylation is 1. The molecular weight excluding hydrogens is 318 g/mol. The number of hydrogen-bond donors (Lipinski definition) is 1. The maximum absolute atomic E-state index is 12.6. The first kappa shape index (κ1) is 14.0. The molecule has 1 N–H and O–H groups in total. The molecule has 0 spiro atoms. The van der Waals surface area contributed by atoms with Crippen LogP contribution in [0, 0.1) is 6.92 Å². The van der Waals surface area contributed by atoms with Crippen LogP contribution in [-0.2, 0) is 10.0 Å². The number of hydrogen-bond acceptors (Lipinski definition) is 3. The molecule has 0 aliphatic heterocycles. The fourth-order valence-electron chi connectivity index (χ4n) is 1.94. The smallest absolute Gasteiger partial charge is 0.243 e. The molecular formula is C12H16BrNO3S. The Morgan fingerprint density at radius 1 is 1.44 bits per heavy atom. The van der Waals surface area contributed by atoms with Crippen molar-refractivity contribution < 1.29 is 13.5 Å². The van der Waals surface area contributed by atoms with E-state index in [1.165, 1.54) is 4.31 Å².